The normalized spacial score (nSPS) is 11.7. The maximum absolute atomic E-state index is 4.59. The van der Waals surface area contributed by atoms with E-state index >= 15 is 0 Å². The quantitative estimate of drug-likeness (QED) is 0.388. The predicted octanol–water partition coefficient (Wildman–Crippen LogP) is 5.34. The van der Waals surface area contributed by atoms with Crippen LogP contribution in [0.2, 0.25) is 0 Å². The number of allylic oxidation sites excluding steroid dienone is 2. The molecule has 4 aromatic heterocycles. The number of nitrogens with zero attached hydrogens (tertiary/aromatic N) is 4. The van der Waals surface area contributed by atoms with Crippen LogP contribution in [0.15, 0.2) is 86.0 Å². The third-order valence-electron chi connectivity index (χ3n) is 5.21. The average molecular weight is 404 g/mol. The molecule has 0 spiro atoms. The molecule has 6 nitrogen and oxygen atoms in total. The van der Waals surface area contributed by atoms with E-state index in [0.29, 0.717) is 0 Å². The van der Waals surface area contributed by atoms with Gasteiger partial charge >= 0.3 is 0 Å². The number of hydrogen-bond donors (Lipinski definition) is 2. The average Bonchev–Trinajstić information content (AvgIpc) is 3.41. The van der Waals surface area contributed by atoms with Gasteiger partial charge in [0, 0.05) is 46.4 Å². The van der Waals surface area contributed by atoms with Gasteiger partial charge in [-0.2, -0.15) is 5.10 Å². The number of benzene rings is 1. The molecule has 0 radical (unpaired) electrons. The van der Waals surface area contributed by atoms with Crippen LogP contribution in [-0.4, -0.2) is 30.1 Å². The lowest BCUT2D eigenvalue weighted by atomic mass is 10.0. The Morgan fingerprint density at radius 3 is 2.74 bits per heavy atom. The molecule has 0 atom stereocenters. The second kappa shape index (κ2) is 7.84. The molecule has 0 unspecified atom stereocenters. The molecule has 0 aliphatic carbocycles. The summed E-state index contributed by atoms with van der Waals surface area (Å²) in [4.78, 5) is 16.6. The molecule has 6 heteroatoms. The number of fused-ring (bicyclic) bond motifs is 1. The Balaban J connectivity index is 1.62. The summed E-state index contributed by atoms with van der Waals surface area (Å²) in [6, 6.07) is 14.1. The Morgan fingerprint density at radius 1 is 1.03 bits per heavy atom. The van der Waals surface area contributed by atoms with E-state index in [1.807, 2.05) is 36.4 Å². The molecule has 0 aliphatic rings. The Kier molecular flexibility index (Phi) is 4.72. The van der Waals surface area contributed by atoms with Gasteiger partial charge in [0.05, 0.1) is 28.8 Å². The van der Waals surface area contributed by atoms with E-state index in [-0.39, 0.29) is 0 Å². The number of aromatic amines is 2. The standard InChI is InChI=1S/C25H20N6/c1-3-6-18(21-7-4-5-10-27-21)19-14-23(29-16(19)2)25-20-13-17(8-9-22(20)30-31-25)24-15-26-11-12-28-24/h3-15,29H,1H2,2H3,(H,30,31)/b18-6+. The van der Waals surface area contributed by atoms with Crippen LogP contribution in [0.3, 0.4) is 0 Å². The van der Waals surface area contributed by atoms with Gasteiger partial charge in [0.2, 0.25) is 0 Å². The monoisotopic (exact) mass is 404 g/mol. The van der Waals surface area contributed by atoms with Crippen molar-refractivity contribution in [3.8, 4) is 22.6 Å². The van der Waals surface area contributed by atoms with Gasteiger partial charge in [-0.1, -0.05) is 30.9 Å². The highest BCUT2D eigenvalue weighted by molar-refractivity contribution is 5.95. The molecule has 0 amide bonds. The molecule has 0 bridgehead atoms. The Bertz CT molecular complexity index is 1390. The van der Waals surface area contributed by atoms with Crippen molar-refractivity contribution in [2.45, 2.75) is 6.92 Å². The van der Waals surface area contributed by atoms with Crippen molar-refractivity contribution >= 4 is 16.5 Å². The molecular weight excluding hydrogens is 384 g/mol. The molecular formula is C25H20N6. The molecule has 31 heavy (non-hydrogen) atoms. The zero-order valence-corrected chi connectivity index (χ0v) is 17.0. The summed E-state index contributed by atoms with van der Waals surface area (Å²) in [7, 11) is 0. The van der Waals surface area contributed by atoms with Gasteiger partial charge in [0.25, 0.3) is 0 Å². The summed E-state index contributed by atoms with van der Waals surface area (Å²) in [6.07, 6.45) is 10.7. The Hall–Kier alpha value is -4.32. The van der Waals surface area contributed by atoms with Crippen LogP contribution < -0.4 is 0 Å². The molecule has 0 saturated carbocycles. The number of hydrogen-bond acceptors (Lipinski definition) is 4. The van der Waals surface area contributed by atoms with E-state index < -0.39 is 0 Å². The second-order valence-corrected chi connectivity index (χ2v) is 7.18. The summed E-state index contributed by atoms with van der Waals surface area (Å²) in [5.74, 6) is 0. The molecule has 150 valence electrons. The third kappa shape index (κ3) is 3.44. The van der Waals surface area contributed by atoms with Gasteiger partial charge in [-0.15, -0.1) is 0 Å². The lowest BCUT2D eigenvalue weighted by molar-refractivity contribution is 1.11. The van der Waals surface area contributed by atoms with Crippen molar-refractivity contribution in [3.05, 3.63) is 103 Å². The second-order valence-electron chi connectivity index (χ2n) is 7.18. The van der Waals surface area contributed by atoms with Gasteiger partial charge in [0.1, 0.15) is 5.69 Å². The minimum Gasteiger partial charge on any atom is -0.357 e. The number of H-pyrrole nitrogens is 2. The van der Waals surface area contributed by atoms with Crippen LogP contribution in [0.5, 0.6) is 0 Å². The summed E-state index contributed by atoms with van der Waals surface area (Å²) in [5.41, 5.74) is 8.57. The van der Waals surface area contributed by atoms with Crippen LogP contribution in [0.4, 0.5) is 0 Å². The van der Waals surface area contributed by atoms with Crippen molar-refractivity contribution in [2.24, 2.45) is 0 Å². The maximum atomic E-state index is 4.59. The number of nitrogens with one attached hydrogen (secondary N) is 2. The molecule has 2 N–H and O–H groups in total. The summed E-state index contributed by atoms with van der Waals surface area (Å²) < 4.78 is 0. The summed E-state index contributed by atoms with van der Waals surface area (Å²) in [6.45, 7) is 5.93. The van der Waals surface area contributed by atoms with Crippen LogP contribution in [0, 0.1) is 6.92 Å². The van der Waals surface area contributed by atoms with Gasteiger partial charge in [-0.3, -0.25) is 20.1 Å². The van der Waals surface area contributed by atoms with Gasteiger partial charge in [-0.25, -0.2) is 0 Å². The van der Waals surface area contributed by atoms with Crippen molar-refractivity contribution in [3.63, 3.8) is 0 Å². The van der Waals surface area contributed by atoms with Crippen molar-refractivity contribution in [1.82, 2.24) is 30.1 Å². The molecule has 0 aliphatic heterocycles. The first-order valence-electron chi connectivity index (χ1n) is 9.93. The SMILES string of the molecule is C=C/C=C(/c1ccccn1)c1cc(-c2n[nH]c3ccc(-c4cnccn4)cc23)[nH]c1C. The van der Waals surface area contributed by atoms with E-state index in [1.54, 1.807) is 30.9 Å². The lowest BCUT2D eigenvalue weighted by Gasteiger charge is -2.05. The fourth-order valence-electron chi connectivity index (χ4n) is 3.75. The van der Waals surface area contributed by atoms with Gasteiger partial charge in [0.15, 0.2) is 0 Å². The van der Waals surface area contributed by atoms with E-state index in [0.717, 1.165) is 56.1 Å². The van der Waals surface area contributed by atoms with Crippen molar-refractivity contribution in [1.29, 1.82) is 0 Å². The summed E-state index contributed by atoms with van der Waals surface area (Å²) >= 11 is 0. The molecule has 1 aromatic carbocycles. The molecule has 5 aromatic rings. The fraction of sp³-hybridized carbons (Fsp3) is 0.0400. The highest BCUT2D eigenvalue weighted by Gasteiger charge is 2.16. The minimum atomic E-state index is 0.825. The van der Waals surface area contributed by atoms with Crippen molar-refractivity contribution < 1.29 is 0 Å². The largest absolute Gasteiger partial charge is 0.357 e. The number of aryl methyl sites for hydroxylation is 1. The Morgan fingerprint density at radius 2 is 1.97 bits per heavy atom. The molecule has 0 fully saturated rings. The lowest BCUT2D eigenvalue weighted by Crippen LogP contribution is -1.91. The molecule has 4 heterocycles. The summed E-state index contributed by atoms with van der Waals surface area (Å²) in [5, 5.41) is 8.73. The topological polar surface area (TPSA) is 83.1 Å². The minimum absolute atomic E-state index is 0.825. The number of aromatic nitrogens is 6. The van der Waals surface area contributed by atoms with Crippen molar-refractivity contribution in [2.75, 3.05) is 0 Å². The third-order valence-corrected chi connectivity index (χ3v) is 5.21. The zero-order chi connectivity index (χ0) is 21.2. The smallest absolute Gasteiger partial charge is 0.116 e. The maximum Gasteiger partial charge on any atom is 0.116 e. The van der Waals surface area contributed by atoms with Crippen LogP contribution in [-0.2, 0) is 0 Å². The van der Waals surface area contributed by atoms with Crippen LogP contribution in [0.25, 0.3) is 39.1 Å². The van der Waals surface area contributed by atoms with Crippen LogP contribution in [0.1, 0.15) is 17.0 Å². The zero-order valence-electron chi connectivity index (χ0n) is 17.0. The van der Waals surface area contributed by atoms with Gasteiger partial charge < -0.3 is 4.98 Å². The first-order chi connectivity index (χ1) is 15.2. The van der Waals surface area contributed by atoms with Crippen LogP contribution >= 0.6 is 0 Å². The molecule has 5 rings (SSSR count). The van der Waals surface area contributed by atoms with E-state index in [9.17, 15) is 0 Å². The highest BCUT2D eigenvalue weighted by Crippen LogP contribution is 2.33. The molecule has 0 saturated heterocycles. The first kappa shape index (κ1) is 18.7. The first-order valence-corrected chi connectivity index (χ1v) is 9.93. The number of rotatable bonds is 5. The number of pyridine rings is 1. The van der Waals surface area contributed by atoms with E-state index in [4.69, 9.17) is 0 Å². The van der Waals surface area contributed by atoms with E-state index in [1.165, 1.54) is 0 Å². The highest BCUT2D eigenvalue weighted by atomic mass is 15.1. The fourth-order valence-corrected chi connectivity index (χ4v) is 3.75. The predicted molar refractivity (Wildman–Crippen MR) is 123 cm³/mol. The van der Waals surface area contributed by atoms with Gasteiger partial charge in [-0.05, 0) is 37.3 Å². The Labute approximate surface area is 179 Å². The van der Waals surface area contributed by atoms with E-state index in [2.05, 4.69) is 55.8 Å².